The molecular formula is C39H77NO4. The van der Waals surface area contributed by atoms with E-state index in [1.807, 2.05) is 0 Å². The highest BCUT2D eigenvalue weighted by Crippen LogP contribution is 2.22. The van der Waals surface area contributed by atoms with E-state index >= 15 is 0 Å². The summed E-state index contributed by atoms with van der Waals surface area (Å²) in [5.74, 6) is -0.234. The Morgan fingerprint density at radius 3 is 1.36 bits per heavy atom. The third kappa shape index (κ3) is 29.6. The van der Waals surface area contributed by atoms with Crippen molar-refractivity contribution in [3.8, 4) is 0 Å². The summed E-state index contributed by atoms with van der Waals surface area (Å²) < 4.78 is 11.8. The van der Waals surface area contributed by atoms with Gasteiger partial charge in [-0.1, -0.05) is 156 Å². The van der Waals surface area contributed by atoms with Crippen LogP contribution in [0.3, 0.4) is 0 Å². The molecule has 262 valence electrons. The molecule has 0 saturated heterocycles. The van der Waals surface area contributed by atoms with Crippen molar-refractivity contribution in [2.24, 2.45) is 5.92 Å². The van der Waals surface area contributed by atoms with E-state index in [1.54, 1.807) is 0 Å². The molecule has 5 nitrogen and oxygen atoms in total. The lowest BCUT2D eigenvalue weighted by atomic mass is 9.94. The van der Waals surface area contributed by atoms with Crippen molar-refractivity contribution in [2.45, 2.75) is 207 Å². The molecule has 0 aromatic rings. The number of carbonyl (C=O) groups is 2. The number of rotatable bonds is 34. The quantitative estimate of drug-likeness (QED) is 0.0527. The molecule has 0 aliphatic heterocycles. The molecule has 0 spiro atoms. The molecular weight excluding hydrogens is 546 g/mol. The average Bonchev–Trinajstić information content (AvgIpc) is 3.00. The summed E-state index contributed by atoms with van der Waals surface area (Å²) in [4.78, 5) is 28.1. The molecule has 0 N–H and O–H groups in total. The maximum Gasteiger partial charge on any atom is 0.309 e. The zero-order chi connectivity index (χ0) is 32.5. The number of esters is 2. The molecule has 0 saturated carbocycles. The van der Waals surface area contributed by atoms with Gasteiger partial charge in [0.1, 0.15) is 12.7 Å². The van der Waals surface area contributed by atoms with Crippen molar-refractivity contribution in [1.29, 1.82) is 0 Å². The molecule has 0 aromatic heterocycles. The minimum atomic E-state index is -0.321. The Hall–Kier alpha value is -1.10. The highest BCUT2D eigenvalue weighted by Gasteiger charge is 2.22. The Morgan fingerprint density at radius 1 is 0.523 bits per heavy atom. The van der Waals surface area contributed by atoms with Gasteiger partial charge in [-0.25, -0.2) is 0 Å². The van der Waals surface area contributed by atoms with Crippen molar-refractivity contribution in [3.63, 3.8) is 0 Å². The van der Waals surface area contributed by atoms with Crippen LogP contribution in [0.1, 0.15) is 201 Å². The predicted octanol–water partition coefficient (Wildman–Crippen LogP) is 11.6. The van der Waals surface area contributed by atoms with Crippen LogP contribution in [0.2, 0.25) is 0 Å². The fourth-order valence-electron chi connectivity index (χ4n) is 5.99. The SMILES string of the molecule is CCCCCCCCCCCCC(COC(=O)C(CCCCCCCC)CCCCCCCC)OC(=O)CCCCN(C)C. The molecule has 44 heavy (non-hydrogen) atoms. The van der Waals surface area contributed by atoms with E-state index in [0.717, 1.165) is 64.3 Å². The van der Waals surface area contributed by atoms with Crippen molar-refractivity contribution >= 4 is 11.9 Å². The fraction of sp³-hybridized carbons (Fsp3) is 0.949. The lowest BCUT2D eigenvalue weighted by Gasteiger charge is -2.21. The second-order valence-corrected chi connectivity index (χ2v) is 13.8. The topological polar surface area (TPSA) is 55.8 Å². The highest BCUT2D eigenvalue weighted by atomic mass is 16.6. The van der Waals surface area contributed by atoms with Crippen molar-refractivity contribution in [1.82, 2.24) is 4.90 Å². The molecule has 0 amide bonds. The number of ether oxygens (including phenoxy) is 2. The van der Waals surface area contributed by atoms with E-state index in [4.69, 9.17) is 9.47 Å². The van der Waals surface area contributed by atoms with Gasteiger partial charge in [-0.05, 0) is 59.2 Å². The summed E-state index contributed by atoms with van der Waals surface area (Å²) in [6.45, 7) is 7.95. The van der Waals surface area contributed by atoms with E-state index < -0.39 is 0 Å². The maximum absolute atomic E-state index is 13.3. The van der Waals surface area contributed by atoms with Gasteiger partial charge in [0.2, 0.25) is 0 Å². The number of nitrogens with zero attached hydrogens (tertiary/aromatic N) is 1. The first-order chi connectivity index (χ1) is 21.4. The lowest BCUT2D eigenvalue weighted by molar-refractivity contribution is -0.162. The second kappa shape index (κ2) is 33.3. The monoisotopic (exact) mass is 624 g/mol. The number of carbonyl (C=O) groups excluding carboxylic acids is 2. The van der Waals surface area contributed by atoms with Gasteiger partial charge < -0.3 is 14.4 Å². The first-order valence-electron chi connectivity index (χ1n) is 19.4. The minimum absolute atomic E-state index is 0.0212. The van der Waals surface area contributed by atoms with Gasteiger partial charge in [-0.3, -0.25) is 9.59 Å². The zero-order valence-corrected chi connectivity index (χ0v) is 30.4. The number of unbranched alkanes of at least 4 members (excludes halogenated alkanes) is 20. The molecule has 0 heterocycles. The second-order valence-electron chi connectivity index (χ2n) is 13.8. The van der Waals surface area contributed by atoms with Crippen LogP contribution in [0, 0.1) is 5.92 Å². The summed E-state index contributed by atoms with van der Waals surface area (Å²) in [6, 6.07) is 0. The van der Waals surface area contributed by atoms with E-state index in [1.165, 1.54) is 116 Å². The first-order valence-corrected chi connectivity index (χ1v) is 19.4. The normalized spacial score (nSPS) is 12.2. The summed E-state index contributed by atoms with van der Waals surface area (Å²) in [5, 5.41) is 0. The Labute approximate surface area is 275 Å². The maximum atomic E-state index is 13.3. The molecule has 5 heteroatoms. The predicted molar refractivity (Wildman–Crippen MR) is 189 cm³/mol. The molecule has 1 atom stereocenters. The third-order valence-corrected chi connectivity index (χ3v) is 8.97. The van der Waals surface area contributed by atoms with Gasteiger partial charge in [-0.15, -0.1) is 0 Å². The molecule has 0 radical (unpaired) electrons. The lowest BCUT2D eigenvalue weighted by Crippen LogP contribution is -2.28. The fourth-order valence-corrected chi connectivity index (χ4v) is 5.99. The van der Waals surface area contributed by atoms with Gasteiger partial charge in [0.05, 0.1) is 5.92 Å². The van der Waals surface area contributed by atoms with Crippen LogP contribution >= 0.6 is 0 Å². The molecule has 0 aliphatic rings. The summed E-state index contributed by atoms with van der Waals surface area (Å²) in [6.07, 6.45) is 32.2. The Bertz CT molecular complexity index is 607. The van der Waals surface area contributed by atoms with Crippen LogP contribution in [0.5, 0.6) is 0 Å². The smallest absolute Gasteiger partial charge is 0.309 e. The van der Waals surface area contributed by atoms with Gasteiger partial charge >= 0.3 is 11.9 Å². The van der Waals surface area contributed by atoms with Crippen LogP contribution in [0.25, 0.3) is 0 Å². The minimum Gasteiger partial charge on any atom is -0.462 e. The van der Waals surface area contributed by atoms with Gasteiger partial charge in [-0.2, -0.15) is 0 Å². The Morgan fingerprint density at radius 2 is 0.932 bits per heavy atom. The summed E-state index contributed by atoms with van der Waals surface area (Å²) >= 11 is 0. The molecule has 0 fully saturated rings. The molecule has 1 unspecified atom stereocenters. The van der Waals surface area contributed by atoms with Crippen LogP contribution in [0.15, 0.2) is 0 Å². The van der Waals surface area contributed by atoms with E-state index in [-0.39, 0.29) is 30.6 Å². The van der Waals surface area contributed by atoms with E-state index in [2.05, 4.69) is 39.8 Å². The average molecular weight is 624 g/mol. The van der Waals surface area contributed by atoms with Gasteiger partial charge in [0.15, 0.2) is 0 Å². The van der Waals surface area contributed by atoms with Crippen molar-refractivity contribution in [3.05, 3.63) is 0 Å². The molecule has 0 rings (SSSR count). The van der Waals surface area contributed by atoms with Crippen molar-refractivity contribution in [2.75, 3.05) is 27.2 Å². The first kappa shape index (κ1) is 42.9. The third-order valence-electron chi connectivity index (χ3n) is 8.97. The zero-order valence-electron chi connectivity index (χ0n) is 30.4. The number of hydrogen-bond donors (Lipinski definition) is 0. The number of hydrogen-bond acceptors (Lipinski definition) is 5. The van der Waals surface area contributed by atoms with Crippen LogP contribution in [-0.4, -0.2) is 50.2 Å². The Kier molecular flexibility index (Phi) is 32.4. The standard InChI is InChI=1S/C39H77NO4/c1-6-9-12-15-18-19-20-21-24-27-32-37(44-38(41)33-28-29-34-40(4)5)35-43-39(42)36(30-25-22-16-13-10-7-2)31-26-23-17-14-11-8-3/h36-37H,6-35H2,1-5H3. The molecule has 0 bridgehead atoms. The Balaban J connectivity index is 4.82. The van der Waals surface area contributed by atoms with Gasteiger partial charge in [0, 0.05) is 6.42 Å². The highest BCUT2D eigenvalue weighted by molar-refractivity contribution is 5.72. The molecule has 0 aliphatic carbocycles. The molecule has 0 aromatic carbocycles. The van der Waals surface area contributed by atoms with Crippen LogP contribution < -0.4 is 0 Å². The summed E-state index contributed by atoms with van der Waals surface area (Å²) in [5.41, 5.74) is 0. The van der Waals surface area contributed by atoms with Crippen LogP contribution in [-0.2, 0) is 19.1 Å². The van der Waals surface area contributed by atoms with E-state index in [9.17, 15) is 9.59 Å². The summed E-state index contributed by atoms with van der Waals surface area (Å²) in [7, 11) is 4.11. The van der Waals surface area contributed by atoms with Crippen molar-refractivity contribution < 1.29 is 19.1 Å². The van der Waals surface area contributed by atoms with Gasteiger partial charge in [0.25, 0.3) is 0 Å². The van der Waals surface area contributed by atoms with Crippen LogP contribution in [0.4, 0.5) is 0 Å². The van der Waals surface area contributed by atoms with E-state index in [0.29, 0.717) is 6.42 Å². The largest absolute Gasteiger partial charge is 0.462 e.